The van der Waals surface area contributed by atoms with Crippen molar-refractivity contribution in [3.8, 4) is 11.1 Å². The molecule has 0 radical (unpaired) electrons. The van der Waals surface area contributed by atoms with E-state index in [1.165, 1.54) is 0 Å². The fraction of sp³-hybridized carbons (Fsp3) is 0.200. The lowest BCUT2D eigenvalue weighted by Gasteiger charge is -2.01. The molecule has 0 fully saturated rings. The first kappa shape index (κ1) is 13.4. The molecule has 0 spiro atoms. The van der Waals surface area contributed by atoms with Crippen LogP contribution in [0.15, 0.2) is 40.3 Å². The number of nitrogens with zero attached hydrogens (tertiary/aromatic N) is 1. The number of hydrogen-bond donors (Lipinski definition) is 1. The zero-order valence-corrected chi connectivity index (χ0v) is 12.9. The molecule has 0 aliphatic carbocycles. The van der Waals surface area contributed by atoms with Crippen LogP contribution < -0.4 is 5.56 Å². The molecule has 1 N–H and O–H groups in total. The molecule has 1 aromatic carbocycles. The summed E-state index contributed by atoms with van der Waals surface area (Å²) in [4.78, 5) is 21.8. The molecule has 0 bridgehead atoms. The van der Waals surface area contributed by atoms with E-state index in [4.69, 9.17) is 0 Å². The van der Waals surface area contributed by atoms with Gasteiger partial charge in [-0.3, -0.25) is 4.79 Å². The lowest BCUT2D eigenvalue weighted by Crippen LogP contribution is -2.08. The van der Waals surface area contributed by atoms with Gasteiger partial charge in [0.15, 0.2) is 5.16 Å². The number of nitrogens with one attached hydrogen (secondary N) is 1. The minimum Gasteiger partial charge on any atom is -0.301 e. The van der Waals surface area contributed by atoms with Crippen molar-refractivity contribution >= 4 is 33.3 Å². The number of rotatable bonds is 3. The number of thioether (sulfide) groups is 1. The molecule has 0 aliphatic rings. The van der Waals surface area contributed by atoms with E-state index in [2.05, 4.69) is 9.97 Å². The Morgan fingerprint density at radius 2 is 2.05 bits per heavy atom. The van der Waals surface area contributed by atoms with Crippen molar-refractivity contribution in [1.29, 1.82) is 0 Å². The van der Waals surface area contributed by atoms with Crippen LogP contribution in [0.5, 0.6) is 0 Å². The van der Waals surface area contributed by atoms with Gasteiger partial charge in [0.1, 0.15) is 4.83 Å². The van der Waals surface area contributed by atoms with Crippen molar-refractivity contribution in [2.24, 2.45) is 0 Å². The molecule has 2 heterocycles. The van der Waals surface area contributed by atoms with Crippen LogP contribution in [0.1, 0.15) is 11.8 Å². The van der Waals surface area contributed by atoms with Crippen LogP contribution >= 0.6 is 23.1 Å². The molecule has 3 rings (SSSR count). The van der Waals surface area contributed by atoms with E-state index in [1.807, 2.05) is 44.2 Å². The molecule has 0 saturated carbocycles. The molecule has 0 saturated heterocycles. The Labute approximate surface area is 125 Å². The number of benzene rings is 1. The van der Waals surface area contributed by atoms with E-state index in [-0.39, 0.29) is 5.56 Å². The van der Waals surface area contributed by atoms with Gasteiger partial charge in [-0.15, -0.1) is 11.3 Å². The van der Waals surface area contributed by atoms with Crippen molar-refractivity contribution in [2.45, 2.75) is 19.0 Å². The highest BCUT2D eigenvalue weighted by atomic mass is 32.2. The summed E-state index contributed by atoms with van der Waals surface area (Å²) in [5, 5.41) is 1.41. The molecule has 0 aliphatic heterocycles. The van der Waals surface area contributed by atoms with Crippen molar-refractivity contribution in [3.63, 3.8) is 0 Å². The van der Waals surface area contributed by atoms with Crippen LogP contribution in [-0.2, 0) is 0 Å². The van der Waals surface area contributed by atoms with Crippen molar-refractivity contribution in [3.05, 3.63) is 45.6 Å². The Hall–Kier alpha value is -1.59. The molecule has 3 aromatic rings. The molecule has 5 heteroatoms. The normalized spacial score (nSPS) is 11.1. The fourth-order valence-corrected chi connectivity index (χ4v) is 3.95. The quantitative estimate of drug-likeness (QED) is 0.586. The molecule has 3 nitrogen and oxygen atoms in total. The molecule has 0 unspecified atom stereocenters. The van der Waals surface area contributed by atoms with E-state index in [1.54, 1.807) is 23.1 Å². The average Bonchev–Trinajstić information content (AvgIpc) is 2.77. The highest BCUT2D eigenvalue weighted by Gasteiger charge is 2.16. The standard InChI is InChI=1S/C15H14N2OS2/c1-3-19-15-16-13(18)12-11(9(2)20-14(12)17-15)10-7-5-4-6-8-10/h4-8H,3H2,1-2H3,(H,16,17,18). The van der Waals surface area contributed by atoms with Gasteiger partial charge >= 0.3 is 0 Å². The van der Waals surface area contributed by atoms with E-state index in [9.17, 15) is 4.79 Å². The van der Waals surface area contributed by atoms with Crippen molar-refractivity contribution in [1.82, 2.24) is 9.97 Å². The van der Waals surface area contributed by atoms with Crippen LogP contribution in [0.3, 0.4) is 0 Å². The number of hydrogen-bond acceptors (Lipinski definition) is 4. The van der Waals surface area contributed by atoms with E-state index >= 15 is 0 Å². The molecule has 102 valence electrons. The summed E-state index contributed by atoms with van der Waals surface area (Å²) in [5.41, 5.74) is 2.03. The largest absolute Gasteiger partial charge is 0.301 e. The van der Waals surface area contributed by atoms with Crippen LogP contribution in [0.4, 0.5) is 0 Å². The van der Waals surface area contributed by atoms with Gasteiger partial charge in [0, 0.05) is 10.4 Å². The minimum absolute atomic E-state index is 0.0471. The molecular weight excluding hydrogens is 288 g/mol. The van der Waals surface area contributed by atoms with Crippen LogP contribution in [-0.4, -0.2) is 15.7 Å². The Balaban J connectivity index is 2.29. The summed E-state index contributed by atoms with van der Waals surface area (Å²) < 4.78 is 0. The molecular formula is C15H14N2OS2. The predicted octanol–water partition coefficient (Wildman–Crippen LogP) is 4.07. The SMILES string of the molecule is CCSc1nc2sc(C)c(-c3ccccc3)c2c(=O)[nH]1. The number of H-pyrrole nitrogens is 1. The summed E-state index contributed by atoms with van der Waals surface area (Å²) >= 11 is 3.14. The van der Waals surface area contributed by atoms with Crippen LogP contribution in [0.25, 0.3) is 21.3 Å². The predicted molar refractivity (Wildman–Crippen MR) is 86.8 cm³/mol. The highest BCUT2D eigenvalue weighted by Crippen LogP contribution is 2.35. The molecule has 0 amide bonds. The number of aromatic amines is 1. The van der Waals surface area contributed by atoms with Crippen LogP contribution in [0.2, 0.25) is 0 Å². The first-order chi connectivity index (χ1) is 9.70. The second-order valence-electron chi connectivity index (χ2n) is 4.38. The zero-order chi connectivity index (χ0) is 14.1. The Bertz CT molecular complexity index is 806. The smallest absolute Gasteiger partial charge is 0.260 e. The Morgan fingerprint density at radius 3 is 2.75 bits per heavy atom. The molecule has 2 aromatic heterocycles. The molecule has 0 atom stereocenters. The van der Waals surface area contributed by atoms with Crippen LogP contribution in [0, 0.1) is 6.92 Å². The van der Waals surface area contributed by atoms with E-state index < -0.39 is 0 Å². The van der Waals surface area contributed by atoms with Gasteiger partial charge in [-0.05, 0) is 18.2 Å². The third-order valence-corrected chi connectivity index (χ3v) is 4.81. The van der Waals surface area contributed by atoms with Gasteiger partial charge in [-0.25, -0.2) is 4.98 Å². The second kappa shape index (κ2) is 5.42. The summed E-state index contributed by atoms with van der Waals surface area (Å²) in [6.45, 7) is 4.09. The fourth-order valence-electron chi connectivity index (χ4n) is 2.26. The van der Waals surface area contributed by atoms with Gasteiger partial charge < -0.3 is 4.98 Å². The Kier molecular flexibility index (Phi) is 3.63. The topological polar surface area (TPSA) is 45.8 Å². The lowest BCUT2D eigenvalue weighted by atomic mass is 10.0. The zero-order valence-electron chi connectivity index (χ0n) is 11.3. The minimum atomic E-state index is -0.0471. The summed E-state index contributed by atoms with van der Waals surface area (Å²) in [5.74, 6) is 0.893. The maximum Gasteiger partial charge on any atom is 0.260 e. The van der Waals surface area contributed by atoms with E-state index in [0.717, 1.165) is 26.6 Å². The van der Waals surface area contributed by atoms with Crippen molar-refractivity contribution < 1.29 is 0 Å². The number of thiophene rings is 1. The first-order valence-corrected chi connectivity index (χ1v) is 8.22. The van der Waals surface area contributed by atoms with Gasteiger partial charge in [-0.2, -0.15) is 0 Å². The third-order valence-electron chi connectivity index (χ3n) is 3.06. The first-order valence-electron chi connectivity index (χ1n) is 6.42. The van der Waals surface area contributed by atoms with Crippen molar-refractivity contribution in [2.75, 3.05) is 5.75 Å². The molecule has 20 heavy (non-hydrogen) atoms. The maximum atomic E-state index is 12.4. The van der Waals surface area contributed by atoms with Gasteiger partial charge in [0.05, 0.1) is 5.39 Å². The number of aryl methyl sites for hydroxylation is 1. The highest BCUT2D eigenvalue weighted by molar-refractivity contribution is 7.99. The second-order valence-corrected chi connectivity index (χ2v) is 6.84. The third kappa shape index (κ3) is 2.27. The van der Waals surface area contributed by atoms with Gasteiger partial charge in [-0.1, -0.05) is 49.0 Å². The van der Waals surface area contributed by atoms with Gasteiger partial charge in [0.2, 0.25) is 0 Å². The van der Waals surface area contributed by atoms with E-state index in [0.29, 0.717) is 10.5 Å². The number of aromatic nitrogens is 2. The maximum absolute atomic E-state index is 12.4. The van der Waals surface area contributed by atoms with Gasteiger partial charge in [0.25, 0.3) is 5.56 Å². The summed E-state index contributed by atoms with van der Waals surface area (Å²) in [6, 6.07) is 10.0. The Morgan fingerprint density at radius 1 is 1.30 bits per heavy atom. The monoisotopic (exact) mass is 302 g/mol. The number of fused-ring (bicyclic) bond motifs is 1. The summed E-state index contributed by atoms with van der Waals surface area (Å²) in [7, 11) is 0. The average molecular weight is 302 g/mol. The summed E-state index contributed by atoms with van der Waals surface area (Å²) in [6.07, 6.45) is 0. The lowest BCUT2D eigenvalue weighted by molar-refractivity contribution is 0.981.